The van der Waals surface area contributed by atoms with E-state index in [1.165, 1.54) is 5.69 Å². The maximum absolute atomic E-state index is 5.97. The molecule has 1 aromatic carbocycles. The normalized spacial score (nSPS) is 12.9. The molecule has 0 heterocycles. The van der Waals surface area contributed by atoms with E-state index in [0.29, 0.717) is 18.5 Å². The van der Waals surface area contributed by atoms with Crippen molar-refractivity contribution in [2.24, 2.45) is 11.7 Å². The quantitative estimate of drug-likeness (QED) is 0.875. The summed E-state index contributed by atoms with van der Waals surface area (Å²) in [5, 5.41) is 0.745. The van der Waals surface area contributed by atoms with E-state index in [1.807, 2.05) is 18.2 Å². The Morgan fingerprint density at radius 1 is 1.31 bits per heavy atom. The van der Waals surface area contributed by atoms with Crippen molar-refractivity contribution in [3.05, 3.63) is 28.8 Å². The van der Waals surface area contributed by atoms with Crippen LogP contribution in [0.5, 0.6) is 0 Å². The van der Waals surface area contributed by atoms with E-state index in [1.54, 1.807) is 0 Å². The molecule has 0 spiro atoms. The first-order chi connectivity index (χ1) is 7.47. The van der Waals surface area contributed by atoms with Gasteiger partial charge in [-0.2, -0.15) is 0 Å². The maximum Gasteiger partial charge on any atom is 0.0412 e. The zero-order chi connectivity index (χ0) is 12.3. The molecule has 0 aliphatic rings. The third-order valence-electron chi connectivity index (χ3n) is 3.22. The molecule has 16 heavy (non-hydrogen) atoms. The molecule has 2 N–H and O–H groups in total. The Bertz CT molecular complexity index is 350. The van der Waals surface area contributed by atoms with Gasteiger partial charge in [0.2, 0.25) is 0 Å². The maximum atomic E-state index is 5.97. The van der Waals surface area contributed by atoms with Gasteiger partial charge in [-0.3, -0.25) is 0 Å². The van der Waals surface area contributed by atoms with E-state index in [-0.39, 0.29) is 0 Å². The lowest BCUT2D eigenvalue weighted by atomic mass is 10.0. The van der Waals surface area contributed by atoms with Gasteiger partial charge in [0.1, 0.15) is 0 Å². The lowest BCUT2D eigenvalue weighted by molar-refractivity contribution is 0.505. The van der Waals surface area contributed by atoms with Crippen LogP contribution in [0.15, 0.2) is 18.2 Å². The van der Waals surface area contributed by atoms with Gasteiger partial charge in [-0.15, -0.1) is 0 Å². The largest absolute Gasteiger partial charge is 0.371 e. The zero-order valence-electron chi connectivity index (χ0n) is 10.5. The van der Waals surface area contributed by atoms with E-state index in [4.69, 9.17) is 17.3 Å². The molecular formula is C13H21ClN2. The summed E-state index contributed by atoms with van der Waals surface area (Å²) in [5.74, 6) is 0.603. The van der Waals surface area contributed by atoms with Crippen LogP contribution in [0.4, 0.5) is 5.69 Å². The van der Waals surface area contributed by atoms with Gasteiger partial charge in [0.25, 0.3) is 0 Å². The van der Waals surface area contributed by atoms with Crippen LogP contribution >= 0.6 is 11.6 Å². The summed E-state index contributed by atoms with van der Waals surface area (Å²) in [6.45, 7) is 7.18. The van der Waals surface area contributed by atoms with Crippen LogP contribution in [0.3, 0.4) is 0 Å². The minimum atomic E-state index is 0.478. The van der Waals surface area contributed by atoms with Crippen LogP contribution in [-0.2, 0) is 6.54 Å². The topological polar surface area (TPSA) is 29.3 Å². The highest BCUT2D eigenvalue weighted by atomic mass is 35.5. The predicted octanol–water partition coefficient (Wildman–Crippen LogP) is 3.28. The summed E-state index contributed by atoms with van der Waals surface area (Å²) in [6.07, 6.45) is 0. The van der Waals surface area contributed by atoms with Crippen LogP contribution < -0.4 is 10.6 Å². The fourth-order valence-electron chi connectivity index (χ4n) is 1.73. The number of hydrogen-bond donors (Lipinski definition) is 1. The molecule has 0 fully saturated rings. The van der Waals surface area contributed by atoms with E-state index in [0.717, 1.165) is 10.6 Å². The molecule has 1 unspecified atom stereocenters. The van der Waals surface area contributed by atoms with Gasteiger partial charge in [0, 0.05) is 30.3 Å². The summed E-state index contributed by atoms with van der Waals surface area (Å²) >= 11 is 5.97. The third-order valence-corrected chi connectivity index (χ3v) is 3.45. The highest BCUT2D eigenvalue weighted by Crippen LogP contribution is 2.26. The molecule has 0 bridgehead atoms. The first kappa shape index (κ1) is 13.3. The van der Waals surface area contributed by atoms with Gasteiger partial charge in [0.05, 0.1) is 0 Å². The predicted molar refractivity (Wildman–Crippen MR) is 72.0 cm³/mol. The van der Waals surface area contributed by atoms with E-state index < -0.39 is 0 Å². The van der Waals surface area contributed by atoms with Crippen molar-refractivity contribution in [2.45, 2.75) is 33.4 Å². The molecular weight excluding hydrogens is 220 g/mol. The summed E-state index contributed by atoms with van der Waals surface area (Å²) in [6, 6.07) is 6.38. The molecule has 0 aromatic heterocycles. The van der Waals surface area contributed by atoms with E-state index in [9.17, 15) is 0 Å². The van der Waals surface area contributed by atoms with Crippen molar-refractivity contribution >= 4 is 17.3 Å². The standard InChI is InChI=1S/C13H21ClN2/c1-9(2)10(3)16(4)13-6-5-12(14)7-11(13)8-15/h5-7,9-10H,8,15H2,1-4H3. The van der Waals surface area contributed by atoms with Crippen LogP contribution in [-0.4, -0.2) is 13.1 Å². The Hall–Kier alpha value is -0.730. The fourth-order valence-corrected chi connectivity index (χ4v) is 1.92. The first-order valence-electron chi connectivity index (χ1n) is 5.68. The number of nitrogens with zero attached hydrogens (tertiary/aromatic N) is 1. The number of nitrogens with two attached hydrogens (primary N) is 1. The summed E-state index contributed by atoms with van der Waals surface area (Å²) < 4.78 is 0. The van der Waals surface area contributed by atoms with Crippen molar-refractivity contribution < 1.29 is 0 Å². The second kappa shape index (κ2) is 5.55. The highest BCUT2D eigenvalue weighted by Gasteiger charge is 2.16. The van der Waals surface area contributed by atoms with Crippen molar-refractivity contribution in [3.8, 4) is 0 Å². The number of benzene rings is 1. The smallest absolute Gasteiger partial charge is 0.0412 e. The Morgan fingerprint density at radius 3 is 2.44 bits per heavy atom. The van der Waals surface area contributed by atoms with Crippen LogP contribution in [0.25, 0.3) is 0 Å². The van der Waals surface area contributed by atoms with E-state index in [2.05, 4.69) is 32.7 Å². The zero-order valence-corrected chi connectivity index (χ0v) is 11.3. The SMILES string of the molecule is CC(C)C(C)N(C)c1ccc(Cl)cc1CN. The molecule has 0 aliphatic heterocycles. The Balaban J connectivity index is 3.03. The van der Waals surface area contributed by atoms with Crippen LogP contribution in [0.1, 0.15) is 26.3 Å². The van der Waals surface area contributed by atoms with Gasteiger partial charge in [-0.1, -0.05) is 25.4 Å². The van der Waals surface area contributed by atoms with Crippen LogP contribution in [0.2, 0.25) is 5.02 Å². The molecule has 90 valence electrons. The Kier molecular flexibility index (Phi) is 4.63. The minimum Gasteiger partial charge on any atom is -0.371 e. The summed E-state index contributed by atoms with van der Waals surface area (Å²) in [7, 11) is 2.10. The van der Waals surface area contributed by atoms with Gasteiger partial charge in [-0.25, -0.2) is 0 Å². The molecule has 1 aromatic rings. The van der Waals surface area contributed by atoms with Gasteiger partial charge < -0.3 is 10.6 Å². The summed E-state index contributed by atoms with van der Waals surface area (Å²) in [5.41, 5.74) is 8.02. The lowest BCUT2D eigenvalue weighted by Crippen LogP contribution is -2.34. The second-order valence-electron chi connectivity index (χ2n) is 4.57. The molecule has 0 saturated carbocycles. The average Bonchev–Trinajstić information content (AvgIpc) is 2.26. The highest BCUT2D eigenvalue weighted by molar-refractivity contribution is 6.30. The molecule has 3 heteroatoms. The second-order valence-corrected chi connectivity index (χ2v) is 5.01. The number of rotatable bonds is 4. The first-order valence-corrected chi connectivity index (χ1v) is 6.06. The Labute approximate surface area is 103 Å². The Morgan fingerprint density at radius 2 is 1.94 bits per heavy atom. The van der Waals surface area contributed by atoms with E-state index >= 15 is 0 Å². The molecule has 1 atom stereocenters. The van der Waals surface area contributed by atoms with Crippen molar-refractivity contribution in [3.63, 3.8) is 0 Å². The molecule has 1 rings (SSSR count). The van der Waals surface area contributed by atoms with Crippen LogP contribution in [0, 0.1) is 5.92 Å². The van der Waals surface area contributed by atoms with Crippen molar-refractivity contribution in [1.82, 2.24) is 0 Å². The van der Waals surface area contributed by atoms with Crippen molar-refractivity contribution in [2.75, 3.05) is 11.9 Å². The van der Waals surface area contributed by atoms with Gasteiger partial charge >= 0.3 is 0 Å². The monoisotopic (exact) mass is 240 g/mol. The minimum absolute atomic E-state index is 0.478. The molecule has 0 aliphatic carbocycles. The van der Waals surface area contributed by atoms with Gasteiger partial charge in [0.15, 0.2) is 0 Å². The third kappa shape index (κ3) is 2.89. The number of anilines is 1. The fraction of sp³-hybridized carbons (Fsp3) is 0.538. The molecule has 0 radical (unpaired) electrons. The molecule has 2 nitrogen and oxygen atoms in total. The number of halogens is 1. The van der Waals surface area contributed by atoms with Gasteiger partial charge in [-0.05, 0) is 36.6 Å². The molecule has 0 saturated heterocycles. The average molecular weight is 241 g/mol. The van der Waals surface area contributed by atoms with Crippen molar-refractivity contribution in [1.29, 1.82) is 0 Å². The lowest BCUT2D eigenvalue weighted by Gasteiger charge is -2.31. The molecule has 0 amide bonds. The summed E-state index contributed by atoms with van der Waals surface area (Å²) in [4.78, 5) is 2.27. The number of hydrogen-bond acceptors (Lipinski definition) is 2.